The molecule has 1 heterocycles. The van der Waals surface area contributed by atoms with Crippen molar-refractivity contribution in [2.45, 2.75) is 32.4 Å². The molecule has 0 bridgehead atoms. The molecule has 1 aliphatic heterocycles. The van der Waals surface area contributed by atoms with Gasteiger partial charge in [0.2, 0.25) is 0 Å². The second kappa shape index (κ2) is 5.70. The third-order valence-electron chi connectivity index (χ3n) is 4.56. The molecule has 0 radical (unpaired) electrons. The van der Waals surface area contributed by atoms with Gasteiger partial charge in [0.25, 0.3) is 0 Å². The molecule has 4 heteroatoms. The molecule has 1 aliphatic rings. The summed E-state index contributed by atoms with van der Waals surface area (Å²) in [6.45, 7) is 9.12. The van der Waals surface area contributed by atoms with Gasteiger partial charge >= 0.3 is 0 Å². The van der Waals surface area contributed by atoms with E-state index in [9.17, 15) is 4.39 Å². The smallest absolute Gasteiger partial charge is 0.146 e. The fourth-order valence-corrected chi connectivity index (χ4v) is 2.66. The van der Waals surface area contributed by atoms with Crippen molar-refractivity contribution in [1.82, 2.24) is 10.2 Å². The Morgan fingerprint density at radius 2 is 2.00 bits per heavy atom. The second-order valence-electron chi connectivity index (χ2n) is 6.38. The molecule has 1 aromatic carbocycles. The summed E-state index contributed by atoms with van der Waals surface area (Å²) in [6, 6.07) is 5.76. The van der Waals surface area contributed by atoms with E-state index in [1.54, 1.807) is 6.07 Å². The molecule has 0 amide bonds. The molecule has 0 saturated carbocycles. The van der Waals surface area contributed by atoms with Gasteiger partial charge in [0.15, 0.2) is 0 Å². The van der Waals surface area contributed by atoms with Crippen LogP contribution in [0.25, 0.3) is 0 Å². The predicted octanol–water partition coefficient (Wildman–Crippen LogP) is 2.64. The summed E-state index contributed by atoms with van der Waals surface area (Å²) in [5.74, 6) is -0.120. The van der Waals surface area contributed by atoms with E-state index in [2.05, 4.69) is 36.0 Å². The molecule has 0 spiro atoms. The van der Waals surface area contributed by atoms with Crippen molar-refractivity contribution in [2.75, 3.05) is 38.6 Å². The number of benzene rings is 1. The minimum Gasteiger partial charge on any atom is -0.366 e. The molecular weight excluding hydrogens is 253 g/mol. The predicted molar refractivity (Wildman–Crippen MR) is 82.8 cm³/mol. The van der Waals surface area contributed by atoms with Crippen LogP contribution in [0.1, 0.15) is 32.4 Å². The largest absolute Gasteiger partial charge is 0.366 e. The highest BCUT2D eigenvalue weighted by atomic mass is 19.1. The van der Waals surface area contributed by atoms with E-state index in [4.69, 9.17) is 0 Å². The highest BCUT2D eigenvalue weighted by Gasteiger charge is 2.32. The lowest BCUT2D eigenvalue weighted by Crippen LogP contribution is -2.57. The van der Waals surface area contributed by atoms with Crippen molar-refractivity contribution in [2.24, 2.45) is 0 Å². The molecule has 1 unspecified atom stereocenters. The number of halogens is 1. The summed E-state index contributed by atoms with van der Waals surface area (Å²) >= 11 is 0. The Bertz CT molecular complexity index is 473. The summed E-state index contributed by atoms with van der Waals surface area (Å²) in [5.41, 5.74) is 1.78. The van der Waals surface area contributed by atoms with Crippen LogP contribution in [-0.4, -0.2) is 44.2 Å². The third kappa shape index (κ3) is 2.96. The first-order chi connectivity index (χ1) is 9.35. The fourth-order valence-electron chi connectivity index (χ4n) is 2.66. The maximum Gasteiger partial charge on any atom is 0.146 e. The number of anilines is 1. The third-order valence-corrected chi connectivity index (χ3v) is 4.56. The molecule has 0 aromatic heterocycles. The Hall–Kier alpha value is -1.13. The zero-order valence-electron chi connectivity index (χ0n) is 13.2. The van der Waals surface area contributed by atoms with E-state index in [1.807, 2.05) is 26.1 Å². The molecule has 1 saturated heterocycles. The summed E-state index contributed by atoms with van der Waals surface area (Å²) in [6.07, 6.45) is 0. The number of nitrogens with zero attached hydrogens (tertiary/aromatic N) is 2. The van der Waals surface area contributed by atoms with E-state index < -0.39 is 0 Å². The fraction of sp³-hybridized carbons (Fsp3) is 0.625. The molecule has 2 rings (SSSR count). The zero-order valence-corrected chi connectivity index (χ0v) is 13.2. The van der Waals surface area contributed by atoms with Crippen LogP contribution in [0.15, 0.2) is 18.2 Å². The van der Waals surface area contributed by atoms with Gasteiger partial charge in [-0.1, -0.05) is 6.07 Å². The number of hydrogen-bond acceptors (Lipinski definition) is 3. The quantitative estimate of drug-likeness (QED) is 0.917. The van der Waals surface area contributed by atoms with Crippen LogP contribution >= 0.6 is 0 Å². The van der Waals surface area contributed by atoms with Crippen LogP contribution in [0.4, 0.5) is 10.1 Å². The zero-order chi connectivity index (χ0) is 14.9. The number of likely N-dealkylation sites (N-methyl/N-ethyl adjacent to an activating group) is 1. The number of nitrogens with one attached hydrogen (secondary N) is 1. The van der Waals surface area contributed by atoms with Crippen molar-refractivity contribution >= 4 is 5.69 Å². The lowest BCUT2D eigenvalue weighted by atomic mass is 9.98. The van der Waals surface area contributed by atoms with Gasteiger partial charge in [-0.2, -0.15) is 0 Å². The van der Waals surface area contributed by atoms with Crippen LogP contribution in [0, 0.1) is 5.82 Å². The minimum atomic E-state index is -0.120. The first kappa shape index (κ1) is 15.3. The summed E-state index contributed by atoms with van der Waals surface area (Å²) in [7, 11) is 4.02. The Balaban J connectivity index is 2.21. The van der Waals surface area contributed by atoms with Gasteiger partial charge in [-0.3, -0.25) is 4.90 Å². The van der Waals surface area contributed by atoms with E-state index in [1.165, 1.54) is 0 Å². The van der Waals surface area contributed by atoms with Crippen LogP contribution in [0.2, 0.25) is 0 Å². The normalized spacial score (nSPS) is 21.0. The molecule has 1 N–H and O–H groups in total. The average molecular weight is 279 g/mol. The average Bonchev–Trinajstić information content (AvgIpc) is 2.41. The van der Waals surface area contributed by atoms with E-state index in [0.29, 0.717) is 0 Å². The maximum absolute atomic E-state index is 14.4. The molecule has 20 heavy (non-hydrogen) atoms. The molecule has 112 valence electrons. The summed E-state index contributed by atoms with van der Waals surface area (Å²) < 4.78 is 14.4. The highest BCUT2D eigenvalue weighted by Crippen LogP contribution is 2.28. The second-order valence-corrected chi connectivity index (χ2v) is 6.38. The van der Waals surface area contributed by atoms with Crippen molar-refractivity contribution in [3.63, 3.8) is 0 Å². The van der Waals surface area contributed by atoms with Crippen molar-refractivity contribution in [3.8, 4) is 0 Å². The Morgan fingerprint density at radius 3 is 2.55 bits per heavy atom. The first-order valence-corrected chi connectivity index (χ1v) is 7.28. The van der Waals surface area contributed by atoms with Gasteiger partial charge in [0.1, 0.15) is 5.82 Å². The monoisotopic (exact) mass is 279 g/mol. The van der Waals surface area contributed by atoms with Gasteiger partial charge in [0, 0.05) is 31.2 Å². The maximum atomic E-state index is 14.4. The van der Waals surface area contributed by atoms with Crippen LogP contribution in [0.5, 0.6) is 0 Å². The highest BCUT2D eigenvalue weighted by molar-refractivity contribution is 5.50. The van der Waals surface area contributed by atoms with Gasteiger partial charge < -0.3 is 10.2 Å². The van der Waals surface area contributed by atoms with Gasteiger partial charge in [-0.15, -0.1) is 0 Å². The van der Waals surface area contributed by atoms with Gasteiger partial charge in [0.05, 0.1) is 5.69 Å². The van der Waals surface area contributed by atoms with Crippen LogP contribution < -0.4 is 10.2 Å². The standard InChI is InChI=1S/C16H26FN3/c1-12(18-4)13-6-7-15(14(17)10-13)20-9-8-19(5)16(2,3)11-20/h6-7,10,12,18H,8-9,11H2,1-5H3. The van der Waals surface area contributed by atoms with E-state index in [-0.39, 0.29) is 17.4 Å². The Morgan fingerprint density at radius 1 is 1.30 bits per heavy atom. The van der Waals surface area contributed by atoms with Crippen LogP contribution in [-0.2, 0) is 0 Å². The molecule has 1 aromatic rings. The first-order valence-electron chi connectivity index (χ1n) is 7.28. The molecular formula is C16H26FN3. The lowest BCUT2D eigenvalue weighted by Gasteiger charge is -2.46. The molecule has 3 nitrogen and oxygen atoms in total. The van der Waals surface area contributed by atoms with Crippen molar-refractivity contribution in [1.29, 1.82) is 0 Å². The van der Waals surface area contributed by atoms with E-state index in [0.717, 1.165) is 30.9 Å². The lowest BCUT2D eigenvalue weighted by molar-refractivity contribution is 0.138. The number of piperazine rings is 1. The van der Waals surface area contributed by atoms with Gasteiger partial charge in [-0.25, -0.2) is 4.39 Å². The summed E-state index contributed by atoms with van der Waals surface area (Å²) in [5, 5.41) is 3.14. The van der Waals surface area contributed by atoms with Crippen molar-refractivity contribution < 1.29 is 4.39 Å². The molecule has 1 fully saturated rings. The van der Waals surface area contributed by atoms with Crippen molar-refractivity contribution in [3.05, 3.63) is 29.6 Å². The van der Waals surface area contributed by atoms with Gasteiger partial charge in [-0.05, 0) is 52.6 Å². The van der Waals surface area contributed by atoms with E-state index >= 15 is 0 Å². The topological polar surface area (TPSA) is 18.5 Å². The SMILES string of the molecule is CNC(C)c1ccc(N2CCN(C)C(C)(C)C2)c(F)c1. The molecule has 1 atom stereocenters. The van der Waals surface area contributed by atoms with Crippen LogP contribution in [0.3, 0.4) is 0 Å². The number of hydrogen-bond donors (Lipinski definition) is 1. The Labute approximate surface area is 121 Å². The number of rotatable bonds is 3. The molecule has 0 aliphatic carbocycles. The minimum absolute atomic E-state index is 0.0711. The summed E-state index contributed by atoms with van der Waals surface area (Å²) in [4.78, 5) is 4.49. The Kier molecular flexibility index (Phi) is 4.35.